The molecule has 3 aliphatic rings. The molecule has 0 spiro atoms. The fourth-order valence-electron chi connectivity index (χ4n) is 4.31. The Bertz CT molecular complexity index is 1160. The van der Waals surface area contributed by atoms with E-state index in [1.807, 2.05) is 60.7 Å². The van der Waals surface area contributed by atoms with Gasteiger partial charge in [-0.05, 0) is 36.4 Å². The van der Waals surface area contributed by atoms with Crippen LogP contribution in [0.25, 0.3) is 0 Å². The Hall–Kier alpha value is -3.18. The summed E-state index contributed by atoms with van der Waals surface area (Å²) in [6.45, 7) is 1.15. The number of hydrazone groups is 1. The average Bonchev–Trinajstić information content (AvgIpc) is 3.24. The molecule has 0 radical (unpaired) electrons. The summed E-state index contributed by atoms with van der Waals surface area (Å²) in [5.74, 6) is 2.45. The molecule has 3 aromatic rings. The molecule has 3 aliphatic heterocycles. The lowest BCUT2D eigenvalue weighted by Gasteiger charge is -2.38. The quantitative estimate of drug-likeness (QED) is 0.562. The van der Waals surface area contributed by atoms with E-state index in [1.54, 1.807) is 0 Å². The van der Waals surface area contributed by atoms with Crippen molar-refractivity contribution in [2.45, 2.75) is 18.7 Å². The van der Waals surface area contributed by atoms with Crippen LogP contribution in [0.15, 0.2) is 71.8 Å². The van der Waals surface area contributed by atoms with Gasteiger partial charge in [-0.3, -0.25) is 0 Å². The zero-order chi connectivity index (χ0) is 20.1. The molecule has 0 fully saturated rings. The molecule has 6 heteroatoms. The number of hydrogen-bond donors (Lipinski definition) is 0. The predicted octanol–water partition coefficient (Wildman–Crippen LogP) is 5.35. The molecule has 5 nitrogen and oxygen atoms in total. The number of ether oxygens (including phenoxy) is 3. The molecule has 0 unspecified atom stereocenters. The predicted molar refractivity (Wildman–Crippen MR) is 114 cm³/mol. The first-order valence-corrected chi connectivity index (χ1v) is 10.4. The maximum absolute atomic E-state index is 6.38. The Labute approximate surface area is 179 Å². The molecule has 0 aliphatic carbocycles. The van der Waals surface area contributed by atoms with Crippen molar-refractivity contribution in [3.63, 3.8) is 0 Å². The van der Waals surface area contributed by atoms with Gasteiger partial charge in [0.25, 0.3) is 0 Å². The van der Waals surface area contributed by atoms with Crippen molar-refractivity contribution in [3.8, 4) is 17.2 Å². The van der Waals surface area contributed by atoms with Crippen LogP contribution in [-0.2, 0) is 0 Å². The minimum absolute atomic E-state index is 0.0992. The Morgan fingerprint density at radius 3 is 2.63 bits per heavy atom. The molecule has 6 rings (SSSR count). The van der Waals surface area contributed by atoms with Gasteiger partial charge in [-0.2, -0.15) is 5.10 Å². The molecule has 2 atom stereocenters. The topological polar surface area (TPSA) is 43.3 Å². The van der Waals surface area contributed by atoms with Crippen molar-refractivity contribution in [2.75, 3.05) is 13.2 Å². The third-order valence-electron chi connectivity index (χ3n) is 5.71. The number of benzene rings is 3. The van der Waals surface area contributed by atoms with Crippen LogP contribution in [-0.4, -0.2) is 23.9 Å². The van der Waals surface area contributed by atoms with Gasteiger partial charge >= 0.3 is 0 Å². The number of para-hydroxylation sites is 1. The second kappa shape index (κ2) is 6.96. The van der Waals surface area contributed by atoms with E-state index in [2.05, 4.69) is 11.1 Å². The molecular weight excluding hydrogens is 400 g/mol. The summed E-state index contributed by atoms with van der Waals surface area (Å²) in [4.78, 5) is 0. The molecule has 0 amide bonds. The molecule has 0 N–H and O–H groups in total. The fourth-order valence-corrected chi connectivity index (χ4v) is 4.51. The van der Waals surface area contributed by atoms with Crippen molar-refractivity contribution in [3.05, 3.63) is 88.4 Å². The Kier molecular flexibility index (Phi) is 4.09. The molecule has 0 saturated carbocycles. The van der Waals surface area contributed by atoms with Crippen molar-refractivity contribution >= 4 is 17.3 Å². The first-order chi connectivity index (χ1) is 14.8. The summed E-state index contributed by atoms with van der Waals surface area (Å²) in [5.41, 5.74) is 4.17. The first-order valence-electron chi connectivity index (χ1n) is 10.0. The molecule has 3 aromatic carbocycles. The van der Waals surface area contributed by atoms with E-state index < -0.39 is 0 Å². The van der Waals surface area contributed by atoms with Crippen molar-refractivity contribution in [1.82, 2.24) is 5.01 Å². The van der Waals surface area contributed by atoms with Crippen LogP contribution >= 0.6 is 11.6 Å². The molecule has 0 aromatic heterocycles. The highest BCUT2D eigenvalue weighted by molar-refractivity contribution is 6.30. The zero-order valence-corrected chi connectivity index (χ0v) is 16.9. The smallest absolute Gasteiger partial charge is 0.213 e. The van der Waals surface area contributed by atoms with Gasteiger partial charge in [0.15, 0.2) is 11.5 Å². The van der Waals surface area contributed by atoms with Crippen LogP contribution in [0.4, 0.5) is 0 Å². The van der Waals surface area contributed by atoms with Crippen molar-refractivity contribution < 1.29 is 14.2 Å². The van der Waals surface area contributed by atoms with Gasteiger partial charge in [0, 0.05) is 28.1 Å². The molecule has 3 heterocycles. The second-order valence-corrected chi connectivity index (χ2v) is 8.00. The van der Waals surface area contributed by atoms with Crippen LogP contribution in [0.2, 0.25) is 5.02 Å². The van der Waals surface area contributed by atoms with Crippen LogP contribution in [0, 0.1) is 0 Å². The number of fused-ring (bicyclic) bond motifs is 4. The summed E-state index contributed by atoms with van der Waals surface area (Å²) in [7, 11) is 0. The molecule has 30 heavy (non-hydrogen) atoms. The van der Waals surface area contributed by atoms with Crippen LogP contribution in [0.5, 0.6) is 17.2 Å². The van der Waals surface area contributed by atoms with Gasteiger partial charge in [0.2, 0.25) is 6.23 Å². The molecule has 0 bridgehead atoms. The van der Waals surface area contributed by atoms with E-state index in [9.17, 15) is 0 Å². The van der Waals surface area contributed by atoms with E-state index in [1.165, 1.54) is 0 Å². The molecule has 150 valence electrons. The monoisotopic (exact) mass is 418 g/mol. The Morgan fingerprint density at radius 2 is 1.73 bits per heavy atom. The number of hydrogen-bond acceptors (Lipinski definition) is 5. The number of rotatable bonds is 2. The SMILES string of the molecule is Clc1cccc([C@@H]2Oc3ccccc3[C@@H]3CC(c4ccc5c(c4)OCCO5)=NN32)c1. The number of nitrogens with zero attached hydrogens (tertiary/aromatic N) is 2. The van der Waals surface area contributed by atoms with Crippen molar-refractivity contribution in [1.29, 1.82) is 0 Å². The summed E-state index contributed by atoms with van der Waals surface area (Å²) in [6.07, 6.45) is 0.454. The summed E-state index contributed by atoms with van der Waals surface area (Å²) < 4.78 is 17.8. The largest absolute Gasteiger partial charge is 0.486 e. The minimum Gasteiger partial charge on any atom is -0.486 e. The highest BCUT2D eigenvalue weighted by atomic mass is 35.5. The normalized spacial score (nSPS) is 21.4. The maximum atomic E-state index is 6.38. The lowest BCUT2D eigenvalue weighted by Crippen LogP contribution is -2.33. The Balaban J connectivity index is 1.42. The second-order valence-electron chi connectivity index (χ2n) is 7.57. The van der Waals surface area contributed by atoms with Gasteiger partial charge in [-0.15, -0.1) is 0 Å². The summed E-state index contributed by atoms with van der Waals surface area (Å²) in [5, 5.41) is 7.74. The molecule has 0 saturated heterocycles. The maximum Gasteiger partial charge on any atom is 0.213 e. The molecular formula is C24H19ClN2O3. The van der Waals surface area contributed by atoms with Gasteiger partial charge in [0.05, 0.1) is 11.8 Å². The van der Waals surface area contributed by atoms with Crippen LogP contribution in [0.3, 0.4) is 0 Å². The average molecular weight is 419 g/mol. The zero-order valence-electron chi connectivity index (χ0n) is 16.1. The van der Waals surface area contributed by atoms with Gasteiger partial charge < -0.3 is 14.2 Å². The first kappa shape index (κ1) is 17.7. The third-order valence-corrected chi connectivity index (χ3v) is 5.94. The summed E-state index contributed by atoms with van der Waals surface area (Å²) >= 11 is 6.26. The van der Waals surface area contributed by atoms with E-state index in [4.69, 9.17) is 30.9 Å². The van der Waals surface area contributed by atoms with E-state index in [-0.39, 0.29) is 12.3 Å². The fraction of sp³-hybridized carbons (Fsp3) is 0.208. The van der Waals surface area contributed by atoms with Gasteiger partial charge in [-0.25, -0.2) is 5.01 Å². The van der Waals surface area contributed by atoms with Crippen LogP contribution in [0.1, 0.15) is 35.4 Å². The third kappa shape index (κ3) is 2.89. The van der Waals surface area contributed by atoms with Crippen LogP contribution < -0.4 is 14.2 Å². The minimum atomic E-state index is -0.335. The van der Waals surface area contributed by atoms with E-state index in [0.29, 0.717) is 18.2 Å². The van der Waals surface area contributed by atoms with Gasteiger partial charge in [-0.1, -0.05) is 41.9 Å². The highest BCUT2D eigenvalue weighted by Gasteiger charge is 2.41. The lowest BCUT2D eigenvalue weighted by molar-refractivity contribution is -0.0190. The van der Waals surface area contributed by atoms with Gasteiger partial charge in [0.1, 0.15) is 19.0 Å². The van der Waals surface area contributed by atoms with E-state index >= 15 is 0 Å². The highest BCUT2D eigenvalue weighted by Crippen LogP contribution is 2.48. The lowest BCUT2D eigenvalue weighted by atomic mass is 9.96. The number of halogens is 1. The van der Waals surface area contributed by atoms with Crippen molar-refractivity contribution in [2.24, 2.45) is 5.10 Å². The standard InChI is InChI=1S/C24H19ClN2O3/c25-17-5-3-4-16(12-17)24-27-20(18-6-1-2-7-21(18)30-24)14-19(26-27)15-8-9-22-23(13-15)29-11-10-28-22/h1-9,12-13,20,24H,10-11,14H2/t20-,24-/m0/s1. The summed E-state index contributed by atoms with van der Waals surface area (Å²) in [6, 6.07) is 22.1. The Morgan fingerprint density at radius 1 is 0.867 bits per heavy atom. The van der Waals surface area contributed by atoms with E-state index in [0.717, 1.165) is 46.1 Å².